The first-order valence-electron chi connectivity index (χ1n) is 9.55. The average Bonchev–Trinajstić information content (AvgIpc) is 2.98. The smallest absolute Gasteiger partial charge is 0.0602 e. The van der Waals surface area contributed by atoms with Crippen LogP contribution >= 0.6 is 0 Å². The molecule has 0 bridgehead atoms. The minimum Gasteiger partial charge on any atom is -0.340 e. The number of nitrogens with zero attached hydrogens (tertiary/aromatic N) is 2. The summed E-state index contributed by atoms with van der Waals surface area (Å²) in [4.78, 5) is 4.60. The van der Waals surface area contributed by atoms with E-state index >= 15 is 0 Å². The lowest BCUT2D eigenvalue weighted by atomic mass is 9.96. The quantitative estimate of drug-likeness (QED) is 0.409. The van der Waals surface area contributed by atoms with E-state index in [0.29, 0.717) is 0 Å². The fourth-order valence-corrected chi connectivity index (χ4v) is 3.95. The number of para-hydroxylation sites is 1. The molecule has 0 spiro atoms. The molecule has 0 aliphatic carbocycles. The van der Waals surface area contributed by atoms with Gasteiger partial charge in [0.1, 0.15) is 0 Å². The van der Waals surface area contributed by atoms with E-state index in [0.717, 1.165) is 6.54 Å². The molecule has 0 aliphatic heterocycles. The van der Waals surface area contributed by atoms with E-state index in [2.05, 4.69) is 73.6 Å². The van der Waals surface area contributed by atoms with E-state index in [1.165, 1.54) is 62.5 Å². The minimum atomic E-state index is 1.04. The highest BCUT2D eigenvalue weighted by Gasteiger charge is 2.16. The van der Waals surface area contributed by atoms with Crippen molar-refractivity contribution in [1.29, 1.82) is 0 Å². The lowest BCUT2D eigenvalue weighted by Crippen LogP contribution is -1.99. The number of rotatable bonds is 4. The highest BCUT2D eigenvalue weighted by atomic mass is 15.0. The van der Waals surface area contributed by atoms with Gasteiger partial charge in [-0.2, -0.15) is 0 Å². The maximum Gasteiger partial charge on any atom is 0.0602 e. The Kier molecular flexibility index (Phi) is 4.28. The van der Waals surface area contributed by atoms with E-state index in [4.69, 9.17) is 0 Å². The van der Waals surface area contributed by atoms with Crippen molar-refractivity contribution in [3.63, 3.8) is 0 Å². The molecule has 0 unspecified atom stereocenters. The van der Waals surface area contributed by atoms with E-state index in [-0.39, 0.29) is 0 Å². The van der Waals surface area contributed by atoms with E-state index in [1.54, 1.807) is 0 Å². The van der Waals surface area contributed by atoms with Crippen LogP contribution < -0.4 is 0 Å². The van der Waals surface area contributed by atoms with E-state index in [9.17, 15) is 0 Å². The first-order valence-corrected chi connectivity index (χ1v) is 9.55. The van der Waals surface area contributed by atoms with Crippen molar-refractivity contribution in [2.45, 2.75) is 47.1 Å². The van der Waals surface area contributed by atoms with Gasteiger partial charge >= 0.3 is 0 Å². The maximum absolute atomic E-state index is 4.60. The van der Waals surface area contributed by atoms with Gasteiger partial charge in [0.25, 0.3) is 0 Å². The van der Waals surface area contributed by atoms with Crippen molar-refractivity contribution in [3.05, 3.63) is 65.5 Å². The van der Waals surface area contributed by atoms with Crippen LogP contribution in [0.2, 0.25) is 0 Å². The lowest BCUT2D eigenvalue weighted by molar-refractivity contribution is 0.665. The Labute approximate surface area is 155 Å². The fourth-order valence-electron chi connectivity index (χ4n) is 3.95. The normalized spacial score (nSPS) is 11.5. The standard InChI is InChI=1S/C24H26N2/c1-5-6-11-26-23-10-8-7-9-20(23)22-15-25-14-21(24(22)26)19-12-16(2)18(4)17(3)13-19/h7-10,12-15H,5-6,11H2,1-4H3. The van der Waals surface area contributed by atoms with Gasteiger partial charge in [-0.1, -0.05) is 43.7 Å². The van der Waals surface area contributed by atoms with Gasteiger partial charge in [-0.3, -0.25) is 4.98 Å². The number of aryl methyl sites for hydroxylation is 3. The third-order valence-corrected chi connectivity index (χ3v) is 5.65. The second-order valence-electron chi connectivity index (χ2n) is 7.34. The van der Waals surface area contributed by atoms with Gasteiger partial charge in [-0.05, 0) is 55.5 Å². The minimum absolute atomic E-state index is 1.04. The first-order chi connectivity index (χ1) is 12.6. The molecule has 26 heavy (non-hydrogen) atoms. The zero-order chi connectivity index (χ0) is 18.3. The summed E-state index contributed by atoms with van der Waals surface area (Å²) in [5, 5.41) is 2.55. The van der Waals surface area contributed by atoms with Crippen LogP contribution in [-0.4, -0.2) is 9.55 Å². The highest BCUT2D eigenvalue weighted by Crippen LogP contribution is 2.36. The zero-order valence-electron chi connectivity index (χ0n) is 16.1. The van der Waals surface area contributed by atoms with Crippen LogP contribution in [0.25, 0.3) is 32.9 Å². The summed E-state index contributed by atoms with van der Waals surface area (Å²) in [6.45, 7) is 9.90. The van der Waals surface area contributed by atoms with E-state index in [1.807, 2.05) is 12.4 Å². The first kappa shape index (κ1) is 16.8. The molecule has 0 saturated carbocycles. The molecule has 2 heterocycles. The zero-order valence-corrected chi connectivity index (χ0v) is 16.1. The molecule has 4 rings (SSSR count). The van der Waals surface area contributed by atoms with Crippen LogP contribution in [0.1, 0.15) is 36.5 Å². The summed E-state index contributed by atoms with van der Waals surface area (Å²) in [6.07, 6.45) is 6.43. The van der Waals surface area contributed by atoms with Gasteiger partial charge in [0.15, 0.2) is 0 Å². The number of hydrogen-bond donors (Lipinski definition) is 0. The van der Waals surface area contributed by atoms with Gasteiger partial charge in [0.2, 0.25) is 0 Å². The monoisotopic (exact) mass is 342 g/mol. The number of benzene rings is 2. The van der Waals surface area contributed by atoms with Crippen LogP contribution in [-0.2, 0) is 6.54 Å². The molecule has 0 atom stereocenters. The van der Waals surface area contributed by atoms with Crippen LogP contribution in [0, 0.1) is 20.8 Å². The molecule has 0 amide bonds. The predicted molar refractivity (Wildman–Crippen MR) is 112 cm³/mol. The Balaban J connectivity index is 2.08. The molecular weight excluding hydrogens is 316 g/mol. The van der Waals surface area contributed by atoms with Crippen molar-refractivity contribution in [1.82, 2.24) is 9.55 Å². The summed E-state index contributed by atoms with van der Waals surface area (Å²) in [5.74, 6) is 0. The molecule has 132 valence electrons. The SMILES string of the molecule is CCCCn1c2ccccc2c2cncc(-c3cc(C)c(C)c(C)c3)c21. The fraction of sp³-hybridized carbons (Fsp3) is 0.292. The molecule has 4 aromatic rings. The number of pyridine rings is 1. The molecule has 0 radical (unpaired) electrons. The second kappa shape index (κ2) is 6.60. The third kappa shape index (κ3) is 2.61. The maximum atomic E-state index is 4.60. The summed E-state index contributed by atoms with van der Waals surface area (Å²) < 4.78 is 2.50. The van der Waals surface area contributed by atoms with Gasteiger partial charge in [-0.15, -0.1) is 0 Å². The Morgan fingerprint density at radius 2 is 1.65 bits per heavy atom. The molecule has 2 heteroatoms. The number of hydrogen-bond acceptors (Lipinski definition) is 1. The van der Waals surface area contributed by atoms with Gasteiger partial charge in [0, 0.05) is 40.8 Å². The number of aromatic nitrogens is 2. The highest BCUT2D eigenvalue weighted by molar-refractivity contribution is 6.12. The topological polar surface area (TPSA) is 17.8 Å². The van der Waals surface area contributed by atoms with Gasteiger partial charge in [0.05, 0.1) is 5.52 Å². The van der Waals surface area contributed by atoms with Crippen LogP contribution in [0.3, 0.4) is 0 Å². The third-order valence-electron chi connectivity index (χ3n) is 5.65. The molecule has 2 aromatic heterocycles. The number of unbranched alkanes of at least 4 members (excludes halogenated alkanes) is 1. The predicted octanol–water partition coefficient (Wildman–Crippen LogP) is 6.58. The molecule has 0 N–H and O–H groups in total. The van der Waals surface area contributed by atoms with Crippen LogP contribution in [0.5, 0.6) is 0 Å². The Hall–Kier alpha value is -2.61. The summed E-state index contributed by atoms with van der Waals surface area (Å²) >= 11 is 0. The van der Waals surface area contributed by atoms with Gasteiger partial charge in [-0.25, -0.2) is 0 Å². The van der Waals surface area contributed by atoms with Crippen molar-refractivity contribution in [2.75, 3.05) is 0 Å². The van der Waals surface area contributed by atoms with Crippen molar-refractivity contribution in [2.24, 2.45) is 0 Å². The van der Waals surface area contributed by atoms with Crippen LogP contribution in [0.15, 0.2) is 48.8 Å². The van der Waals surface area contributed by atoms with Crippen molar-refractivity contribution >= 4 is 21.8 Å². The van der Waals surface area contributed by atoms with Gasteiger partial charge < -0.3 is 4.57 Å². The summed E-state index contributed by atoms with van der Waals surface area (Å²) in [7, 11) is 0. The lowest BCUT2D eigenvalue weighted by Gasteiger charge is -2.13. The molecule has 0 fully saturated rings. The Morgan fingerprint density at radius 3 is 2.38 bits per heavy atom. The molecular formula is C24H26N2. The molecule has 0 aliphatic rings. The van der Waals surface area contributed by atoms with Crippen molar-refractivity contribution < 1.29 is 0 Å². The van der Waals surface area contributed by atoms with Crippen LogP contribution in [0.4, 0.5) is 0 Å². The summed E-state index contributed by atoms with van der Waals surface area (Å²) in [5.41, 5.74) is 9.19. The van der Waals surface area contributed by atoms with Crippen molar-refractivity contribution in [3.8, 4) is 11.1 Å². The second-order valence-corrected chi connectivity index (χ2v) is 7.34. The molecule has 0 saturated heterocycles. The average molecular weight is 342 g/mol. The number of fused-ring (bicyclic) bond motifs is 3. The summed E-state index contributed by atoms with van der Waals surface area (Å²) in [6, 6.07) is 13.3. The molecule has 2 aromatic carbocycles. The molecule has 2 nitrogen and oxygen atoms in total. The Morgan fingerprint density at radius 1 is 0.923 bits per heavy atom. The van der Waals surface area contributed by atoms with E-state index < -0.39 is 0 Å². The Bertz CT molecular complexity index is 1080. The largest absolute Gasteiger partial charge is 0.340 e.